The molecular weight excluding hydrogens is 158 g/mol. The standard InChI is InChI=1S/C8H16NO3/c1-8(2,3)9-6-7(11)12-5-4-10/h10H,4-6H2,1-3H3. The summed E-state index contributed by atoms with van der Waals surface area (Å²) in [5.74, 6) is -0.390. The normalized spacial score (nSPS) is 11.3. The van der Waals surface area contributed by atoms with Gasteiger partial charge in [0.25, 0.3) is 0 Å². The average Bonchev–Trinajstić information content (AvgIpc) is 1.95. The summed E-state index contributed by atoms with van der Waals surface area (Å²) in [5.41, 5.74) is -0.210. The number of carbonyl (C=O) groups is 1. The molecule has 0 rings (SSSR count). The molecule has 0 aromatic carbocycles. The van der Waals surface area contributed by atoms with E-state index in [-0.39, 0.29) is 31.3 Å². The van der Waals surface area contributed by atoms with E-state index in [0.29, 0.717) is 0 Å². The number of rotatable bonds is 4. The molecule has 4 heteroatoms. The average molecular weight is 174 g/mol. The van der Waals surface area contributed by atoms with Crippen LogP contribution in [0.2, 0.25) is 0 Å². The Balaban J connectivity index is 3.44. The van der Waals surface area contributed by atoms with Gasteiger partial charge in [0.05, 0.1) is 6.61 Å². The van der Waals surface area contributed by atoms with E-state index in [1.165, 1.54) is 0 Å². The summed E-state index contributed by atoms with van der Waals surface area (Å²) in [5, 5.41) is 12.4. The summed E-state index contributed by atoms with van der Waals surface area (Å²) in [4.78, 5) is 10.8. The molecule has 0 atom stereocenters. The smallest absolute Gasteiger partial charge is 0.321 e. The molecule has 0 aromatic heterocycles. The number of hydrogen-bond donors (Lipinski definition) is 1. The molecule has 0 amide bonds. The van der Waals surface area contributed by atoms with Crippen LogP contribution in [0.5, 0.6) is 0 Å². The molecule has 0 heterocycles. The van der Waals surface area contributed by atoms with Crippen molar-refractivity contribution < 1.29 is 14.6 Å². The van der Waals surface area contributed by atoms with Gasteiger partial charge in [-0.1, -0.05) is 0 Å². The lowest BCUT2D eigenvalue weighted by atomic mass is 10.1. The fourth-order valence-electron chi connectivity index (χ4n) is 0.507. The lowest BCUT2D eigenvalue weighted by molar-refractivity contribution is -0.143. The Morgan fingerprint density at radius 3 is 2.50 bits per heavy atom. The molecule has 4 nitrogen and oxygen atoms in total. The van der Waals surface area contributed by atoms with Gasteiger partial charge >= 0.3 is 5.97 Å². The summed E-state index contributed by atoms with van der Waals surface area (Å²) < 4.78 is 4.60. The van der Waals surface area contributed by atoms with Gasteiger partial charge in [-0.2, -0.15) is 0 Å². The molecule has 1 radical (unpaired) electrons. The maximum atomic E-state index is 10.8. The van der Waals surface area contributed by atoms with Crippen molar-refractivity contribution in [1.29, 1.82) is 0 Å². The third-order valence-electron chi connectivity index (χ3n) is 1.04. The number of aliphatic hydroxyl groups is 1. The quantitative estimate of drug-likeness (QED) is 0.607. The van der Waals surface area contributed by atoms with Crippen molar-refractivity contribution in [3.63, 3.8) is 0 Å². The van der Waals surface area contributed by atoms with E-state index < -0.39 is 0 Å². The van der Waals surface area contributed by atoms with Gasteiger partial charge in [-0.15, -0.1) is 0 Å². The highest BCUT2D eigenvalue weighted by atomic mass is 16.5. The summed E-state index contributed by atoms with van der Waals surface area (Å²) in [6, 6.07) is 0. The Bertz CT molecular complexity index is 140. The van der Waals surface area contributed by atoms with Gasteiger partial charge in [-0.3, -0.25) is 4.79 Å². The molecule has 0 unspecified atom stereocenters. The van der Waals surface area contributed by atoms with Crippen molar-refractivity contribution >= 4 is 5.97 Å². The second kappa shape index (κ2) is 5.11. The highest BCUT2D eigenvalue weighted by Gasteiger charge is 2.13. The van der Waals surface area contributed by atoms with Gasteiger partial charge in [0, 0.05) is 5.54 Å². The van der Waals surface area contributed by atoms with Crippen LogP contribution < -0.4 is 5.32 Å². The van der Waals surface area contributed by atoms with Crippen molar-refractivity contribution in [3.8, 4) is 0 Å². The van der Waals surface area contributed by atoms with E-state index >= 15 is 0 Å². The molecule has 0 saturated carbocycles. The zero-order chi connectivity index (χ0) is 9.61. The van der Waals surface area contributed by atoms with E-state index in [4.69, 9.17) is 5.11 Å². The number of hydrogen-bond acceptors (Lipinski definition) is 3. The molecule has 0 aliphatic rings. The molecule has 12 heavy (non-hydrogen) atoms. The van der Waals surface area contributed by atoms with Crippen LogP contribution >= 0.6 is 0 Å². The number of aliphatic hydroxyl groups excluding tert-OH is 1. The number of ether oxygens (including phenoxy) is 1. The minimum absolute atomic E-state index is 0.0541. The maximum Gasteiger partial charge on any atom is 0.321 e. The van der Waals surface area contributed by atoms with Crippen molar-refractivity contribution in [2.75, 3.05) is 19.8 Å². The van der Waals surface area contributed by atoms with E-state index in [9.17, 15) is 4.79 Å². The minimum atomic E-state index is -0.390. The SMILES string of the molecule is CC(C)(C)[N]CC(=O)OCCO. The van der Waals surface area contributed by atoms with Gasteiger partial charge in [0.2, 0.25) is 0 Å². The van der Waals surface area contributed by atoms with Crippen LogP contribution in [0.3, 0.4) is 0 Å². The number of nitrogens with zero attached hydrogens (tertiary/aromatic N) is 1. The van der Waals surface area contributed by atoms with Gasteiger partial charge in [-0.05, 0) is 20.8 Å². The Kier molecular flexibility index (Phi) is 4.85. The summed E-state index contributed by atoms with van der Waals surface area (Å²) in [7, 11) is 0. The van der Waals surface area contributed by atoms with Crippen LogP contribution in [0.1, 0.15) is 20.8 Å². The van der Waals surface area contributed by atoms with Gasteiger partial charge in [0.15, 0.2) is 0 Å². The molecule has 71 valence electrons. The molecule has 0 saturated heterocycles. The lowest BCUT2D eigenvalue weighted by Crippen LogP contribution is -2.33. The zero-order valence-corrected chi connectivity index (χ0v) is 7.83. The first-order valence-corrected chi connectivity index (χ1v) is 3.91. The Hall–Kier alpha value is -0.610. The highest BCUT2D eigenvalue weighted by Crippen LogP contribution is 1.99. The second-order valence-electron chi connectivity index (χ2n) is 3.43. The van der Waals surface area contributed by atoms with Gasteiger partial charge < -0.3 is 9.84 Å². The first-order valence-electron chi connectivity index (χ1n) is 3.91. The molecular formula is C8H16NO3. The van der Waals surface area contributed by atoms with Crippen LogP contribution in [0, 0.1) is 0 Å². The second-order valence-corrected chi connectivity index (χ2v) is 3.43. The third-order valence-corrected chi connectivity index (χ3v) is 1.04. The predicted octanol–water partition coefficient (Wildman–Crippen LogP) is -0.0752. The highest BCUT2D eigenvalue weighted by molar-refractivity contribution is 5.71. The molecule has 0 fully saturated rings. The largest absolute Gasteiger partial charge is 0.462 e. The van der Waals surface area contributed by atoms with Crippen molar-refractivity contribution in [1.82, 2.24) is 5.32 Å². The van der Waals surface area contributed by atoms with Crippen LogP contribution in [0.15, 0.2) is 0 Å². The van der Waals surface area contributed by atoms with Crippen LogP contribution in [0.25, 0.3) is 0 Å². The minimum Gasteiger partial charge on any atom is -0.462 e. The van der Waals surface area contributed by atoms with Crippen molar-refractivity contribution in [3.05, 3.63) is 0 Å². The molecule has 1 N–H and O–H groups in total. The van der Waals surface area contributed by atoms with E-state index in [2.05, 4.69) is 10.1 Å². The zero-order valence-electron chi connectivity index (χ0n) is 7.83. The molecule has 0 spiro atoms. The van der Waals surface area contributed by atoms with Crippen molar-refractivity contribution in [2.24, 2.45) is 0 Å². The van der Waals surface area contributed by atoms with E-state index in [1.807, 2.05) is 20.8 Å². The fraction of sp³-hybridized carbons (Fsp3) is 0.875. The summed E-state index contributed by atoms with van der Waals surface area (Å²) in [6.07, 6.45) is 0. The fourth-order valence-corrected chi connectivity index (χ4v) is 0.507. The molecule has 0 aliphatic heterocycles. The Morgan fingerprint density at radius 2 is 2.08 bits per heavy atom. The summed E-state index contributed by atoms with van der Waals surface area (Å²) in [6.45, 7) is 5.70. The molecule has 0 bridgehead atoms. The lowest BCUT2D eigenvalue weighted by Gasteiger charge is -2.16. The number of carbonyl (C=O) groups excluding carboxylic acids is 1. The van der Waals surface area contributed by atoms with Crippen molar-refractivity contribution in [2.45, 2.75) is 26.3 Å². The van der Waals surface area contributed by atoms with Crippen LogP contribution in [-0.2, 0) is 9.53 Å². The van der Waals surface area contributed by atoms with Crippen LogP contribution in [0.4, 0.5) is 0 Å². The number of esters is 1. The van der Waals surface area contributed by atoms with Gasteiger partial charge in [-0.25, -0.2) is 5.32 Å². The predicted molar refractivity (Wildman–Crippen MR) is 44.8 cm³/mol. The topological polar surface area (TPSA) is 60.6 Å². The first kappa shape index (κ1) is 11.4. The van der Waals surface area contributed by atoms with E-state index in [1.54, 1.807) is 0 Å². The first-order chi connectivity index (χ1) is 5.45. The Morgan fingerprint density at radius 1 is 1.50 bits per heavy atom. The third kappa shape index (κ3) is 7.50. The molecule has 0 aliphatic carbocycles. The monoisotopic (exact) mass is 174 g/mol. The maximum absolute atomic E-state index is 10.8. The summed E-state index contributed by atoms with van der Waals surface area (Å²) >= 11 is 0. The van der Waals surface area contributed by atoms with Gasteiger partial charge in [0.1, 0.15) is 13.2 Å². The van der Waals surface area contributed by atoms with E-state index in [0.717, 1.165) is 0 Å². The Labute approximate surface area is 72.9 Å². The molecule has 0 aromatic rings. The van der Waals surface area contributed by atoms with Crippen LogP contribution in [-0.4, -0.2) is 36.4 Å².